The Labute approximate surface area is 118 Å². The van der Waals surface area contributed by atoms with E-state index in [1.807, 2.05) is 19.1 Å². The number of ether oxygens (including phenoxy) is 1. The van der Waals surface area contributed by atoms with E-state index in [9.17, 15) is 0 Å². The molecule has 0 radical (unpaired) electrons. The molecule has 5 nitrogen and oxygen atoms in total. The van der Waals surface area contributed by atoms with Crippen molar-refractivity contribution in [2.24, 2.45) is 0 Å². The van der Waals surface area contributed by atoms with Crippen molar-refractivity contribution in [3.63, 3.8) is 0 Å². The summed E-state index contributed by atoms with van der Waals surface area (Å²) in [5.41, 5.74) is 9.29. The zero-order valence-corrected chi connectivity index (χ0v) is 11.8. The lowest BCUT2D eigenvalue weighted by molar-refractivity contribution is 0.413. The second kappa shape index (κ2) is 5.00. The maximum Gasteiger partial charge on any atom is 0.222 e. The van der Waals surface area contributed by atoms with Gasteiger partial charge in [-0.15, -0.1) is 0 Å². The van der Waals surface area contributed by atoms with Crippen LogP contribution in [0.4, 0.5) is 11.8 Å². The Hall–Kier alpha value is -2.30. The van der Waals surface area contributed by atoms with E-state index in [1.54, 1.807) is 7.11 Å². The van der Waals surface area contributed by atoms with Gasteiger partial charge in [-0.2, -0.15) is 4.98 Å². The monoisotopic (exact) mass is 270 g/mol. The number of nitrogens with two attached hydrogens (primary N) is 1. The van der Waals surface area contributed by atoms with Crippen molar-refractivity contribution >= 4 is 11.8 Å². The summed E-state index contributed by atoms with van der Waals surface area (Å²) in [7, 11) is 1.69. The van der Waals surface area contributed by atoms with Gasteiger partial charge in [0.25, 0.3) is 0 Å². The Balaban J connectivity index is 1.90. The lowest BCUT2D eigenvalue weighted by Gasteiger charge is -2.30. The Morgan fingerprint density at radius 3 is 2.80 bits per heavy atom. The predicted octanol–water partition coefficient (Wildman–Crippen LogP) is 1.94. The number of fused-ring (bicyclic) bond motifs is 1. The van der Waals surface area contributed by atoms with Gasteiger partial charge in [0.2, 0.25) is 5.95 Å². The van der Waals surface area contributed by atoms with E-state index in [0.717, 1.165) is 36.8 Å². The third-order valence-corrected chi connectivity index (χ3v) is 3.61. The van der Waals surface area contributed by atoms with Crippen LogP contribution in [0.2, 0.25) is 0 Å². The van der Waals surface area contributed by atoms with Gasteiger partial charge in [0.05, 0.1) is 7.11 Å². The molecule has 0 bridgehead atoms. The molecule has 5 heteroatoms. The summed E-state index contributed by atoms with van der Waals surface area (Å²) in [6.07, 6.45) is 1.00. The fourth-order valence-corrected chi connectivity index (χ4v) is 2.59. The molecule has 1 aliphatic rings. The van der Waals surface area contributed by atoms with Gasteiger partial charge in [0.1, 0.15) is 11.6 Å². The van der Waals surface area contributed by atoms with Crippen molar-refractivity contribution in [3.8, 4) is 5.75 Å². The molecule has 0 amide bonds. The van der Waals surface area contributed by atoms with E-state index in [1.165, 1.54) is 11.1 Å². The minimum atomic E-state index is 0.330. The van der Waals surface area contributed by atoms with Gasteiger partial charge in [0.15, 0.2) is 0 Å². The number of nitrogen functional groups attached to an aromatic ring is 1. The van der Waals surface area contributed by atoms with Gasteiger partial charge >= 0.3 is 0 Å². The van der Waals surface area contributed by atoms with Crippen LogP contribution in [0.15, 0.2) is 24.3 Å². The fourth-order valence-electron chi connectivity index (χ4n) is 2.59. The molecule has 0 atom stereocenters. The lowest BCUT2D eigenvalue weighted by Crippen LogP contribution is -2.31. The van der Waals surface area contributed by atoms with E-state index in [2.05, 4.69) is 27.0 Å². The molecule has 1 aliphatic heterocycles. The molecule has 20 heavy (non-hydrogen) atoms. The molecule has 2 heterocycles. The average molecular weight is 270 g/mol. The van der Waals surface area contributed by atoms with Gasteiger partial charge in [-0.3, -0.25) is 0 Å². The third kappa shape index (κ3) is 2.39. The molecule has 0 fully saturated rings. The number of rotatable bonds is 2. The van der Waals surface area contributed by atoms with Crippen LogP contribution in [0.3, 0.4) is 0 Å². The molecule has 1 aromatic carbocycles. The van der Waals surface area contributed by atoms with Crippen molar-refractivity contribution in [2.45, 2.75) is 19.9 Å². The van der Waals surface area contributed by atoms with Crippen LogP contribution in [-0.2, 0) is 13.0 Å². The summed E-state index contributed by atoms with van der Waals surface area (Å²) >= 11 is 0. The highest BCUT2D eigenvalue weighted by atomic mass is 16.5. The summed E-state index contributed by atoms with van der Waals surface area (Å²) in [4.78, 5) is 10.7. The molecule has 1 aromatic heterocycles. The highest BCUT2D eigenvalue weighted by Crippen LogP contribution is 2.26. The summed E-state index contributed by atoms with van der Waals surface area (Å²) in [6, 6.07) is 8.23. The first-order valence-electron chi connectivity index (χ1n) is 6.67. The Morgan fingerprint density at radius 1 is 1.20 bits per heavy atom. The summed E-state index contributed by atoms with van der Waals surface area (Å²) in [5.74, 6) is 2.11. The SMILES string of the molecule is COc1ccc2c(c1)CN(c1cc(C)nc(N)n1)CC2. The number of benzene rings is 1. The van der Waals surface area contributed by atoms with Crippen LogP contribution < -0.4 is 15.4 Å². The minimum Gasteiger partial charge on any atom is -0.497 e. The second-order valence-corrected chi connectivity index (χ2v) is 5.03. The van der Waals surface area contributed by atoms with Crippen LogP contribution in [0.25, 0.3) is 0 Å². The number of hydrogen-bond acceptors (Lipinski definition) is 5. The molecule has 2 aromatic rings. The van der Waals surface area contributed by atoms with Crippen molar-refractivity contribution in [2.75, 3.05) is 24.3 Å². The first kappa shape index (κ1) is 12.7. The molecule has 0 spiro atoms. The number of methoxy groups -OCH3 is 1. The molecule has 0 saturated carbocycles. The predicted molar refractivity (Wildman–Crippen MR) is 78.9 cm³/mol. The molecule has 0 aliphatic carbocycles. The highest BCUT2D eigenvalue weighted by Gasteiger charge is 2.18. The zero-order valence-electron chi connectivity index (χ0n) is 11.8. The summed E-state index contributed by atoms with van der Waals surface area (Å²) in [6.45, 7) is 3.69. The van der Waals surface area contributed by atoms with E-state index in [0.29, 0.717) is 5.95 Å². The topological polar surface area (TPSA) is 64.3 Å². The molecule has 2 N–H and O–H groups in total. The van der Waals surface area contributed by atoms with Crippen LogP contribution in [0.5, 0.6) is 5.75 Å². The van der Waals surface area contributed by atoms with Gasteiger partial charge in [-0.05, 0) is 36.6 Å². The van der Waals surface area contributed by atoms with Gasteiger partial charge in [0, 0.05) is 24.8 Å². The number of anilines is 2. The van der Waals surface area contributed by atoms with Crippen LogP contribution in [-0.4, -0.2) is 23.6 Å². The molecule has 3 rings (SSSR count). The fraction of sp³-hybridized carbons (Fsp3) is 0.333. The van der Waals surface area contributed by atoms with Crippen molar-refractivity contribution in [3.05, 3.63) is 41.1 Å². The Kier molecular flexibility index (Phi) is 3.18. The normalized spacial score (nSPS) is 14.0. The summed E-state index contributed by atoms with van der Waals surface area (Å²) < 4.78 is 5.30. The Morgan fingerprint density at radius 2 is 2.05 bits per heavy atom. The van der Waals surface area contributed by atoms with E-state index >= 15 is 0 Å². The number of hydrogen-bond donors (Lipinski definition) is 1. The zero-order chi connectivity index (χ0) is 14.1. The van der Waals surface area contributed by atoms with Gasteiger partial charge in [-0.25, -0.2) is 4.98 Å². The first-order valence-corrected chi connectivity index (χ1v) is 6.67. The number of nitrogens with zero attached hydrogens (tertiary/aromatic N) is 3. The van der Waals surface area contributed by atoms with E-state index in [-0.39, 0.29) is 0 Å². The largest absolute Gasteiger partial charge is 0.497 e. The van der Waals surface area contributed by atoms with Crippen LogP contribution in [0.1, 0.15) is 16.8 Å². The average Bonchev–Trinajstić information content (AvgIpc) is 2.45. The maximum absolute atomic E-state index is 5.74. The quantitative estimate of drug-likeness (QED) is 0.903. The first-order chi connectivity index (χ1) is 9.65. The minimum absolute atomic E-state index is 0.330. The van der Waals surface area contributed by atoms with Crippen LogP contribution in [0, 0.1) is 6.92 Å². The summed E-state index contributed by atoms with van der Waals surface area (Å²) in [5, 5.41) is 0. The molecular formula is C15H18N4O. The molecule has 0 unspecified atom stereocenters. The standard InChI is InChI=1S/C15H18N4O/c1-10-7-14(18-15(16)17-10)19-6-5-11-3-4-13(20-2)8-12(11)9-19/h3-4,7-8H,5-6,9H2,1-2H3,(H2,16,17,18). The molecule has 0 saturated heterocycles. The third-order valence-electron chi connectivity index (χ3n) is 3.61. The van der Waals surface area contributed by atoms with Crippen molar-refractivity contribution < 1.29 is 4.74 Å². The van der Waals surface area contributed by atoms with Gasteiger partial charge in [-0.1, -0.05) is 6.07 Å². The van der Waals surface area contributed by atoms with Gasteiger partial charge < -0.3 is 15.4 Å². The van der Waals surface area contributed by atoms with Crippen molar-refractivity contribution in [1.29, 1.82) is 0 Å². The van der Waals surface area contributed by atoms with Crippen LogP contribution >= 0.6 is 0 Å². The number of aryl methyl sites for hydroxylation is 1. The highest BCUT2D eigenvalue weighted by molar-refractivity contribution is 5.48. The second-order valence-electron chi connectivity index (χ2n) is 5.03. The molecular weight excluding hydrogens is 252 g/mol. The Bertz CT molecular complexity index is 622. The number of aromatic nitrogens is 2. The lowest BCUT2D eigenvalue weighted by atomic mass is 9.99. The van der Waals surface area contributed by atoms with E-state index < -0.39 is 0 Å². The molecule has 104 valence electrons. The maximum atomic E-state index is 5.74. The van der Waals surface area contributed by atoms with E-state index in [4.69, 9.17) is 10.5 Å². The smallest absolute Gasteiger partial charge is 0.222 e. The van der Waals surface area contributed by atoms with Crippen molar-refractivity contribution in [1.82, 2.24) is 9.97 Å².